The average molecular weight is 262 g/mol. The van der Waals surface area contributed by atoms with Crippen LogP contribution in [0.1, 0.15) is 24.5 Å². The topological polar surface area (TPSA) is 50.4 Å². The molecule has 0 unspecified atom stereocenters. The van der Waals surface area contributed by atoms with Crippen LogP contribution in [0.5, 0.6) is 0 Å². The molecule has 0 radical (unpaired) electrons. The molecule has 4 nitrogen and oxygen atoms in total. The zero-order valence-electron chi connectivity index (χ0n) is 11.5. The number of carbonyl (C=O) groups excluding carboxylic acids is 1. The van der Waals surface area contributed by atoms with Gasteiger partial charge in [-0.05, 0) is 37.3 Å². The van der Waals surface area contributed by atoms with E-state index in [-0.39, 0.29) is 12.5 Å². The summed E-state index contributed by atoms with van der Waals surface area (Å²) in [5.41, 5.74) is 3.95. The fraction of sp³-hybridized carbons (Fsp3) is 0.533. The van der Waals surface area contributed by atoms with Crippen LogP contribution in [-0.4, -0.2) is 32.2 Å². The predicted octanol–water partition coefficient (Wildman–Crippen LogP) is 1.74. The molecule has 1 aliphatic rings. The molecule has 19 heavy (non-hydrogen) atoms. The first-order valence-electron chi connectivity index (χ1n) is 7.00. The summed E-state index contributed by atoms with van der Waals surface area (Å²) in [7, 11) is 0. The number of amides is 1. The summed E-state index contributed by atoms with van der Waals surface area (Å²) in [5, 5.41) is 6.35. The zero-order valence-corrected chi connectivity index (χ0v) is 11.5. The highest BCUT2D eigenvalue weighted by Gasteiger charge is 2.12. The molecule has 1 aromatic rings. The Morgan fingerprint density at radius 3 is 3.21 bits per heavy atom. The lowest BCUT2D eigenvalue weighted by atomic mass is 9.98. The Labute approximate surface area is 114 Å². The maximum Gasteiger partial charge on any atom is 0.246 e. The van der Waals surface area contributed by atoms with Gasteiger partial charge in [0.05, 0.1) is 0 Å². The highest BCUT2D eigenvalue weighted by molar-refractivity contribution is 5.77. The molecule has 0 spiro atoms. The van der Waals surface area contributed by atoms with Gasteiger partial charge in [-0.25, -0.2) is 0 Å². The minimum Gasteiger partial charge on any atom is -0.385 e. The molecule has 2 rings (SSSR count). The van der Waals surface area contributed by atoms with Crippen molar-refractivity contribution in [2.24, 2.45) is 0 Å². The van der Waals surface area contributed by atoms with Gasteiger partial charge >= 0.3 is 0 Å². The number of anilines is 1. The maximum absolute atomic E-state index is 11.4. The standard InChI is InChI=1S/C15H22N2O2/c1-2-19-11-14(18)16-10-8-13-6-3-5-12-7-4-9-17-15(12)13/h3,5-6,17H,2,4,7-11H2,1H3,(H,16,18). The van der Waals surface area contributed by atoms with Gasteiger partial charge in [-0.3, -0.25) is 4.79 Å². The molecule has 0 saturated heterocycles. The number of carbonyl (C=O) groups is 1. The summed E-state index contributed by atoms with van der Waals surface area (Å²) in [6.45, 7) is 4.31. The number of hydrogen-bond donors (Lipinski definition) is 2. The molecular weight excluding hydrogens is 240 g/mol. The second-order valence-corrected chi connectivity index (χ2v) is 4.72. The minimum absolute atomic E-state index is 0.0420. The van der Waals surface area contributed by atoms with Crippen LogP contribution in [0, 0.1) is 0 Å². The van der Waals surface area contributed by atoms with Crippen molar-refractivity contribution in [3.8, 4) is 0 Å². The molecule has 4 heteroatoms. The molecule has 1 amide bonds. The van der Waals surface area contributed by atoms with Crippen LogP contribution in [-0.2, 0) is 22.4 Å². The number of hydrogen-bond acceptors (Lipinski definition) is 3. The molecular formula is C15H22N2O2. The Morgan fingerprint density at radius 2 is 2.37 bits per heavy atom. The average Bonchev–Trinajstić information content (AvgIpc) is 2.45. The lowest BCUT2D eigenvalue weighted by Gasteiger charge is -2.21. The first kappa shape index (κ1) is 13.9. The maximum atomic E-state index is 11.4. The van der Waals surface area contributed by atoms with E-state index in [1.165, 1.54) is 23.2 Å². The van der Waals surface area contributed by atoms with E-state index < -0.39 is 0 Å². The Kier molecular flexibility index (Phi) is 5.21. The summed E-state index contributed by atoms with van der Waals surface area (Å²) in [6, 6.07) is 6.41. The molecule has 0 atom stereocenters. The smallest absolute Gasteiger partial charge is 0.246 e. The van der Waals surface area contributed by atoms with Crippen LogP contribution in [0.3, 0.4) is 0 Å². The van der Waals surface area contributed by atoms with E-state index in [0.29, 0.717) is 13.2 Å². The normalized spacial score (nSPS) is 13.5. The van der Waals surface area contributed by atoms with Crippen molar-refractivity contribution in [1.29, 1.82) is 0 Å². The van der Waals surface area contributed by atoms with Crippen molar-refractivity contribution < 1.29 is 9.53 Å². The third-order valence-corrected chi connectivity index (χ3v) is 3.32. The van der Waals surface area contributed by atoms with Crippen molar-refractivity contribution in [3.05, 3.63) is 29.3 Å². The third kappa shape index (κ3) is 3.96. The van der Waals surface area contributed by atoms with Crippen LogP contribution in [0.4, 0.5) is 5.69 Å². The Bertz CT molecular complexity index is 432. The van der Waals surface area contributed by atoms with Crippen molar-refractivity contribution >= 4 is 11.6 Å². The molecule has 2 N–H and O–H groups in total. The van der Waals surface area contributed by atoms with Gasteiger partial charge in [0.1, 0.15) is 6.61 Å². The van der Waals surface area contributed by atoms with Crippen molar-refractivity contribution in [2.75, 3.05) is 31.6 Å². The van der Waals surface area contributed by atoms with Gasteiger partial charge in [0, 0.05) is 25.4 Å². The fourth-order valence-corrected chi connectivity index (χ4v) is 2.37. The quantitative estimate of drug-likeness (QED) is 0.821. The molecule has 0 bridgehead atoms. The Balaban J connectivity index is 1.84. The van der Waals surface area contributed by atoms with Crippen molar-refractivity contribution in [2.45, 2.75) is 26.2 Å². The van der Waals surface area contributed by atoms with Crippen molar-refractivity contribution in [3.63, 3.8) is 0 Å². The van der Waals surface area contributed by atoms with E-state index in [2.05, 4.69) is 28.8 Å². The number of fused-ring (bicyclic) bond motifs is 1. The van der Waals surface area contributed by atoms with Crippen LogP contribution in [0.15, 0.2) is 18.2 Å². The summed E-state index contributed by atoms with van der Waals surface area (Å²) in [5.74, 6) is -0.0420. The summed E-state index contributed by atoms with van der Waals surface area (Å²) < 4.78 is 5.06. The summed E-state index contributed by atoms with van der Waals surface area (Å²) in [4.78, 5) is 11.4. The number of ether oxygens (including phenoxy) is 1. The molecule has 1 aromatic carbocycles. The van der Waals surface area contributed by atoms with Crippen molar-refractivity contribution in [1.82, 2.24) is 5.32 Å². The fourth-order valence-electron chi connectivity index (χ4n) is 2.37. The second-order valence-electron chi connectivity index (χ2n) is 4.72. The first-order chi connectivity index (χ1) is 9.31. The van der Waals surface area contributed by atoms with Gasteiger partial charge in [0.2, 0.25) is 5.91 Å². The lowest BCUT2D eigenvalue weighted by Crippen LogP contribution is -2.29. The molecule has 104 valence electrons. The van der Waals surface area contributed by atoms with Gasteiger partial charge in [-0.1, -0.05) is 18.2 Å². The molecule has 1 heterocycles. The molecule has 0 aliphatic carbocycles. The van der Waals surface area contributed by atoms with E-state index in [4.69, 9.17) is 4.74 Å². The summed E-state index contributed by atoms with van der Waals surface area (Å²) >= 11 is 0. The zero-order chi connectivity index (χ0) is 13.5. The highest BCUT2D eigenvalue weighted by Crippen LogP contribution is 2.26. The molecule has 0 saturated carbocycles. The van der Waals surface area contributed by atoms with Crippen LogP contribution in [0.25, 0.3) is 0 Å². The van der Waals surface area contributed by atoms with Crippen LogP contribution >= 0.6 is 0 Å². The van der Waals surface area contributed by atoms with E-state index in [9.17, 15) is 4.79 Å². The largest absolute Gasteiger partial charge is 0.385 e. The number of para-hydroxylation sites is 1. The third-order valence-electron chi connectivity index (χ3n) is 3.32. The Hall–Kier alpha value is -1.55. The lowest BCUT2D eigenvalue weighted by molar-refractivity contribution is -0.125. The minimum atomic E-state index is -0.0420. The van der Waals surface area contributed by atoms with Gasteiger partial charge in [-0.2, -0.15) is 0 Å². The number of benzene rings is 1. The molecule has 0 fully saturated rings. The number of aryl methyl sites for hydroxylation is 1. The van der Waals surface area contributed by atoms with Crippen LogP contribution in [0.2, 0.25) is 0 Å². The van der Waals surface area contributed by atoms with Gasteiger partial charge < -0.3 is 15.4 Å². The van der Waals surface area contributed by atoms with Gasteiger partial charge in [0.25, 0.3) is 0 Å². The highest BCUT2D eigenvalue weighted by atomic mass is 16.5. The number of rotatable bonds is 6. The van der Waals surface area contributed by atoms with E-state index in [1.54, 1.807) is 0 Å². The van der Waals surface area contributed by atoms with E-state index in [0.717, 1.165) is 19.4 Å². The van der Waals surface area contributed by atoms with Gasteiger partial charge in [-0.15, -0.1) is 0 Å². The molecule has 1 aliphatic heterocycles. The van der Waals surface area contributed by atoms with Crippen LogP contribution < -0.4 is 10.6 Å². The SMILES string of the molecule is CCOCC(=O)NCCc1cccc2c1NCCC2. The van der Waals surface area contributed by atoms with Gasteiger partial charge in [0.15, 0.2) is 0 Å². The Morgan fingerprint density at radius 1 is 1.47 bits per heavy atom. The summed E-state index contributed by atoms with van der Waals surface area (Å²) in [6.07, 6.45) is 3.20. The predicted molar refractivity (Wildman–Crippen MR) is 76.5 cm³/mol. The molecule has 0 aromatic heterocycles. The van der Waals surface area contributed by atoms with E-state index >= 15 is 0 Å². The number of nitrogens with one attached hydrogen (secondary N) is 2. The first-order valence-corrected chi connectivity index (χ1v) is 7.00. The monoisotopic (exact) mass is 262 g/mol. The van der Waals surface area contributed by atoms with E-state index in [1.807, 2.05) is 6.92 Å². The second kappa shape index (κ2) is 7.14.